The number of amides is 1. The average Bonchev–Trinajstić information content (AvgIpc) is 2.37. The highest BCUT2D eigenvalue weighted by Crippen LogP contribution is 2.15. The van der Waals surface area contributed by atoms with Crippen molar-refractivity contribution in [2.75, 3.05) is 11.9 Å². The summed E-state index contributed by atoms with van der Waals surface area (Å²) < 4.78 is 13.3. The van der Waals surface area contributed by atoms with Crippen LogP contribution in [0.4, 0.5) is 10.1 Å². The van der Waals surface area contributed by atoms with E-state index in [0.717, 1.165) is 0 Å². The van der Waals surface area contributed by atoms with Crippen LogP contribution in [0.1, 0.15) is 20.8 Å². The van der Waals surface area contributed by atoms with Crippen LogP contribution < -0.4 is 10.6 Å². The van der Waals surface area contributed by atoms with Crippen molar-refractivity contribution in [3.05, 3.63) is 30.1 Å². The van der Waals surface area contributed by atoms with Crippen LogP contribution in [-0.2, 0) is 4.79 Å². The molecule has 0 saturated carbocycles. The van der Waals surface area contributed by atoms with Crippen LogP contribution in [0.25, 0.3) is 0 Å². The van der Waals surface area contributed by atoms with Gasteiger partial charge in [-0.2, -0.15) is 5.26 Å². The van der Waals surface area contributed by atoms with Crippen molar-refractivity contribution in [2.24, 2.45) is 5.92 Å². The Labute approximate surface area is 112 Å². The van der Waals surface area contributed by atoms with Crippen molar-refractivity contribution in [1.29, 1.82) is 5.26 Å². The molecule has 0 fully saturated rings. The van der Waals surface area contributed by atoms with E-state index in [1.807, 2.05) is 13.8 Å². The number of nitrogens with zero attached hydrogens (tertiary/aromatic N) is 1. The Balaban J connectivity index is 2.58. The summed E-state index contributed by atoms with van der Waals surface area (Å²) in [6, 6.07) is 8.20. The molecule has 0 bridgehead atoms. The molecule has 0 aromatic heterocycles. The van der Waals surface area contributed by atoms with E-state index in [0.29, 0.717) is 0 Å². The van der Waals surface area contributed by atoms with Crippen molar-refractivity contribution in [1.82, 2.24) is 5.32 Å². The molecule has 0 aliphatic carbocycles. The number of nitrogens with one attached hydrogen (secondary N) is 2. The summed E-state index contributed by atoms with van der Waals surface area (Å²) in [6.45, 7) is 5.30. The van der Waals surface area contributed by atoms with Gasteiger partial charge >= 0.3 is 0 Å². The molecule has 1 rings (SSSR count). The number of carbonyl (C=O) groups is 1. The summed E-state index contributed by atoms with van der Waals surface area (Å²) in [5.74, 6) is -0.780. The zero-order valence-corrected chi connectivity index (χ0v) is 11.3. The second-order valence-electron chi connectivity index (χ2n) is 4.85. The molecule has 4 nitrogen and oxygen atoms in total. The van der Waals surface area contributed by atoms with Crippen molar-refractivity contribution >= 4 is 11.6 Å². The molecule has 0 spiro atoms. The van der Waals surface area contributed by atoms with E-state index in [9.17, 15) is 9.18 Å². The van der Waals surface area contributed by atoms with Gasteiger partial charge in [0.2, 0.25) is 5.91 Å². The van der Waals surface area contributed by atoms with Crippen LogP contribution in [0.3, 0.4) is 0 Å². The van der Waals surface area contributed by atoms with Crippen molar-refractivity contribution in [3.63, 3.8) is 0 Å². The molecule has 1 amide bonds. The zero-order chi connectivity index (χ0) is 14.5. The standard InChI is InChI=1S/C14H18FN3O/c1-10(2)14(3,9-16)18-13(19)8-17-12-7-5-4-6-11(12)15/h4-7,10,17H,8H2,1-3H3,(H,18,19)/t14-/m0/s1. The second kappa shape index (κ2) is 6.19. The fourth-order valence-electron chi connectivity index (χ4n) is 1.42. The van der Waals surface area contributed by atoms with Gasteiger partial charge in [0.05, 0.1) is 18.3 Å². The summed E-state index contributed by atoms with van der Waals surface area (Å²) in [7, 11) is 0. The average molecular weight is 263 g/mol. The lowest BCUT2D eigenvalue weighted by Crippen LogP contribution is -2.50. The highest BCUT2D eigenvalue weighted by atomic mass is 19.1. The Morgan fingerprint density at radius 2 is 2.11 bits per heavy atom. The summed E-state index contributed by atoms with van der Waals surface area (Å²) in [6.07, 6.45) is 0. The first kappa shape index (κ1) is 15.0. The maximum atomic E-state index is 13.3. The van der Waals surface area contributed by atoms with Gasteiger partial charge in [-0.1, -0.05) is 26.0 Å². The van der Waals surface area contributed by atoms with Crippen LogP contribution in [0.5, 0.6) is 0 Å². The molecular weight excluding hydrogens is 245 g/mol. The Bertz CT molecular complexity index is 496. The highest BCUT2D eigenvalue weighted by molar-refractivity contribution is 5.81. The minimum absolute atomic E-state index is 0.0186. The molecule has 102 valence electrons. The molecule has 0 aliphatic heterocycles. The van der Waals surface area contributed by atoms with Gasteiger partial charge in [-0.15, -0.1) is 0 Å². The second-order valence-corrected chi connectivity index (χ2v) is 4.85. The number of nitriles is 1. The van der Waals surface area contributed by atoms with Gasteiger partial charge in [0.25, 0.3) is 0 Å². The first-order chi connectivity index (χ1) is 8.89. The maximum Gasteiger partial charge on any atom is 0.240 e. The number of hydrogen-bond donors (Lipinski definition) is 2. The van der Waals surface area contributed by atoms with Gasteiger partial charge in [-0.3, -0.25) is 4.79 Å². The minimum Gasteiger partial charge on any atom is -0.374 e. The summed E-state index contributed by atoms with van der Waals surface area (Å²) >= 11 is 0. The number of anilines is 1. The van der Waals surface area contributed by atoms with Gasteiger partial charge in [0, 0.05) is 0 Å². The Morgan fingerprint density at radius 3 is 2.63 bits per heavy atom. The van der Waals surface area contributed by atoms with Crippen LogP contribution >= 0.6 is 0 Å². The van der Waals surface area contributed by atoms with E-state index in [4.69, 9.17) is 5.26 Å². The Kier molecular flexibility index (Phi) is 4.87. The van der Waals surface area contributed by atoms with Crippen LogP contribution in [-0.4, -0.2) is 18.0 Å². The third-order valence-corrected chi connectivity index (χ3v) is 3.10. The SMILES string of the molecule is CC(C)[C@](C)(C#N)NC(=O)CNc1ccccc1F. The number of benzene rings is 1. The summed E-state index contributed by atoms with van der Waals surface area (Å²) in [5, 5.41) is 14.4. The van der Waals surface area contributed by atoms with Crippen LogP contribution in [0, 0.1) is 23.1 Å². The lowest BCUT2D eigenvalue weighted by molar-refractivity contribution is -0.121. The fourth-order valence-corrected chi connectivity index (χ4v) is 1.42. The molecule has 0 unspecified atom stereocenters. The van der Waals surface area contributed by atoms with E-state index < -0.39 is 11.4 Å². The summed E-state index contributed by atoms with van der Waals surface area (Å²) in [5.41, 5.74) is -0.658. The summed E-state index contributed by atoms with van der Waals surface area (Å²) in [4.78, 5) is 11.8. The lowest BCUT2D eigenvalue weighted by atomic mass is 9.90. The molecule has 0 heterocycles. The number of rotatable bonds is 5. The molecular formula is C14H18FN3O. The zero-order valence-electron chi connectivity index (χ0n) is 11.3. The first-order valence-corrected chi connectivity index (χ1v) is 6.09. The molecule has 5 heteroatoms. The molecule has 0 aliphatic rings. The number of halogens is 1. The van der Waals surface area contributed by atoms with E-state index in [-0.39, 0.29) is 24.1 Å². The van der Waals surface area contributed by atoms with Crippen molar-refractivity contribution in [2.45, 2.75) is 26.3 Å². The fraction of sp³-hybridized carbons (Fsp3) is 0.429. The van der Waals surface area contributed by atoms with Gasteiger partial charge in [-0.25, -0.2) is 4.39 Å². The van der Waals surface area contributed by atoms with Crippen molar-refractivity contribution < 1.29 is 9.18 Å². The smallest absolute Gasteiger partial charge is 0.240 e. The highest BCUT2D eigenvalue weighted by Gasteiger charge is 2.29. The molecule has 0 saturated heterocycles. The van der Waals surface area contributed by atoms with Crippen molar-refractivity contribution in [3.8, 4) is 6.07 Å². The largest absolute Gasteiger partial charge is 0.374 e. The first-order valence-electron chi connectivity index (χ1n) is 6.09. The molecule has 1 atom stereocenters. The van der Waals surface area contributed by atoms with Gasteiger partial charge in [0.1, 0.15) is 11.4 Å². The van der Waals surface area contributed by atoms with E-state index in [2.05, 4.69) is 16.7 Å². The normalized spacial score (nSPS) is 13.5. The van der Waals surface area contributed by atoms with E-state index in [1.54, 1.807) is 25.1 Å². The predicted octanol–water partition coefficient (Wildman–Crippen LogP) is 2.29. The molecule has 19 heavy (non-hydrogen) atoms. The Morgan fingerprint density at radius 1 is 1.47 bits per heavy atom. The molecule has 2 N–H and O–H groups in total. The molecule has 1 aromatic carbocycles. The topological polar surface area (TPSA) is 64.9 Å². The van der Waals surface area contributed by atoms with Gasteiger partial charge in [0.15, 0.2) is 0 Å². The van der Waals surface area contributed by atoms with E-state index >= 15 is 0 Å². The van der Waals surface area contributed by atoms with Gasteiger partial charge in [-0.05, 0) is 25.0 Å². The third-order valence-electron chi connectivity index (χ3n) is 3.10. The van der Waals surface area contributed by atoms with Crippen LogP contribution in [0.2, 0.25) is 0 Å². The van der Waals surface area contributed by atoms with Gasteiger partial charge < -0.3 is 10.6 Å². The molecule has 0 radical (unpaired) electrons. The quantitative estimate of drug-likeness (QED) is 0.856. The maximum absolute atomic E-state index is 13.3. The number of para-hydroxylation sites is 1. The monoisotopic (exact) mass is 263 g/mol. The third kappa shape index (κ3) is 3.95. The number of hydrogen-bond acceptors (Lipinski definition) is 3. The number of carbonyl (C=O) groups excluding carboxylic acids is 1. The predicted molar refractivity (Wildman–Crippen MR) is 71.9 cm³/mol. The minimum atomic E-state index is -0.923. The Hall–Kier alpha value is -2.09. The van der Waals surface area contributed by atoms with E-state index in [1.165, 1.54) is 6.07 Å². The van der Waals surface area contributed by atoms with Crippen LogP contribution in [0.15, 0.2) is 24.3 Å². The lowest BCUT2D eigenvalue weighted by Gasteiger charge is -2.27. The molecule has 1 aromatic rings.